The third-order valence-electron chi connectivity index (χ3n) is 10.0. The molecule has 0 amide bonds. The third-order valence-corrected chi connectivity index (χ3v) is 10.0. The number of aldehydes is 1. The first kappa shape index (κ1) is 22.2. The summed E-state index contributed by atoms with van der Waals surface area (Å²) in [5.74, 6) is 5.07. The minimum Gasteiger partial charge on any atom is -0.385 e. The molecule has 1 aromatic rings. The molecule has 3 nitrogen and oxygen atoms in total. The van der Waals surface area contributed by atoms with Gasteiger partial charge in [-0.3, -0.25) is 0 Å². The van der Waals surface area contributed by atoms with Gasteiger partial charge in [-0.2, -0.15) is 0 Å². The van der Waals surface area contributed by atoms with Gasteiger partial charge in [0, 0.05) is 12.2 Å². The van der Waals surface area contributed by atoms with Crippen LogP contribution in [0.25, 0.3) is 0 Å². The van der Waals surface area contributed by atoms with Gasteiger partial charge in [0.15, 0.2) is 0 Å². The van der Waals surface area contributed by atoms with E-state index in [1.54, 1.807) is 0 Å². The van der Waals surface area contributed by atoms with Gasteiger partial charge in [0.2, 0.25) is 0 Å². The topological polar surface area (TPSA) is 55.1 Å². The molecule has 0 bridgehead atoms. The van der Waals surface area contributed by atoms with Gasteiger partial charge in [-0.15, -0.1) is 0 Å². The summed E-state index contributed by atoms with van der Waals surface area (Å²) in [5, 5.41) is 3.63. The smallest absolute Gasteiger partial charge is 0.137 e. The van der Waals surface area contributed by atoms with Crippen LogP contribution in [0.15, 0.2) is 42.5 Å². The molecule has 5 rings (SSSR count). The molecule has 32 heavy (non-hydrogen) atoms. The molecule has 9 atom stereocenters. The average Bonchev–Trinajstić information content (AvgIpc) is 3.07. The van der Waals surface area contributed by atoms with Gasteiger partial charge in [-0.1, -0.05) is 43.7 Å². The van der Waals surface area contributed by atoms with E-state index in [0.29, 0.717) is 17.8 Å². The number of carbonyl (C=O) groups excluding carboxylic acids is 1. The second-order valence-electron chi connectivity index (χ2n) is 11.8. The summed E-state index contributed by atoms with van der Waals surface area (Å²) in [6.45, 7) is 7.95. The van der Waals surface area contributed by atoms with Gasteiger partial charge >= 0.3 is 0 Å². The summed E-state index contributed by atoms with van der Waals surface area (Å²) in [5.41, 5.74) is 9.40. The molecule has 0 aliphatic heterocycles. The summed E-state index contributed by atoms with van der Waals surface area (Å²) < 4.78 is 0. The van der Waals surface area contributed by atoms with Gasteiger partial charge < -0.3 is 15.8 Å². The molecule has 0 radical (unpaired) electrons. The molecule has 0 aromatic heterocycles. The Bertz CT molecular complexity index is 822. The van der Waals surface area contributed by atoms with E-state index in [1.165, 1.54) is 56.2 Å². The number of nitrogens with two attached hydrogens (primary N) is 1. The standard InChI is InChI=1S/C29H42N2O/c1-19-14-24-20(2)8-11-26-28(25(24)15-19)29(26,27(30)18-32)13-12-21-9-10-22(16-21)17-31-23-6-4-3-5-7-23/h3-7,18-19,21-22,24-28,31H,2,8-17,30H2,1H3/t19-,21-,22-,24+,25+,26+,27+,28-,29+/m0/s1. The van der Waals surface area contributed by atoms with Crippen molar-refractivity contribution in [3.8, 4) is 0 Å². The maximum absolute atomic E-state index is 12.0. The first-order valence-corrected chi connectivity index (χ1v) is 13.2. The van der Waals surface area contributed by atoms with Crippen LogP contribution in [0, 0.1) is 46.8 Å². The summed E-state index contributed by atoms with van der Waals surface area (Å²) in [7, 11) is 0. The highest BCUT2D eigenvalue weighted by Crippen LogP contribution is 2.73. The highest BCUT2D eigenvalue weighted by Gasteiger charge is 2.70. The van der Waals surface area contributed by atoms with E-state index in [2.05, 4.69) is 49.2 Å². The molecular formula is C29H42N2O. The van der Waals surface area contributed by atoms with E-state index < -0.39 is 0 Å². The van der Waals surface area contributed by atoms with Gasteiger partial charge in [0.05, 0.1) is 6.04 Å². The summed E-state index contributed by atoms with van der Waals surface area (Å²) in [4.78, 5) is 12.0. The quantitative estimate of drug-likeness (QED) is 0.386. The van der Waals surface area contributed by atoms with Crippen LogP contribution in [0.3, 0.4) is 0 Å². The number of hydrogen-bond donors (Lipinski definition) is 2. The van der Waals surface area contributed by atoms with Crippen LogP contribution in [-0.4, -0.2) is 18.9 Å². The number of fused-ring (bicyclic) bond motifs is 3. The Morgan fingerprint density at radius 2 is 1.94 bits per heavy atom. The van der Waals surface area contributed by atoms with Crippen LogP contribution >= 0.6 is 0 Å². The maximum atomic E-state index is 12.0. The normalized spacial score (nSPS) is 41.4. The fourth-order valence-electron chi connectivity index (χ4n) is 8.46. The number of rotatable bonds is 8. The number of hydrogen-bond acceptors (Lipinski definition) is 3. The number of anilines is 1. The van der Waals surface area contributed by atoms with Crippen LogP contribution in [0.2, 0.25) is 0 Å². The lowest BCUT2D eigenvalue weighted by molar-refractivity contribution is -0.110. The Balaban J connectivity index is 1.21. The van der Waals surface area contributed by atoms with E-state index in [0.717, 1.165) is 49.3 Å². The van der Waals surface area contributed by atoms with Crippen molar-refractivity contribution in [3.05, 3.63) is 42.5 Å². The van der Waals surface area contributed by atoms with Crippen LogP contribution in [-0.2, 0) is 4.79 Å². The van der Waals surface area contributed by atoms with E-state index in [1.807, 2.05) is 0 Å². The SMILES string of the molecule is C=C1CC[C@@H]2[C@H]([C@@H]3C[C@@H](C)C[C@H]13)[C@@]2(CC[C@@H]1CC[C@H](CNc2ccccc2)C1)[C@H](N)C=O. The molecule has 4 saturated carbocycles. The van der Waals surface area contributed by atoms with Crippen molar-refractivity contribution in [3.63, 3.8) is 0 Å². The van der Waals surface area contributed by atoms with Crippen molar-refractivity contribution in [2.24, 2.45) is 52.6 Å². The second-order valence-corrected chi connectivity index (χ2v) is 11.8. The van der Waals surface area contributed by atoms with Crippen LogP contribution < -0.4 is 11.1 Å². The minimum absolute atomic E-state index is 0.0792. The number of benzene rings is 1. The van der Waals surface area contributed by atoms with Gasteiger partial charge in [0.25, 0.3) is 0 Å². The van der Waals surface area contributed by atoms with Crippen molar-refractivity contribution in [1.82, 2.24) is 0 Å². The largest absolute Gasteiger partial charge is 0.385 e. The van der Waals surface area contributed by atoms with E-state index in [4.69, 9.17) is 5.73 Å². The zero-order chi connectivity index (χ0) is 22.3. The molecule has 4 aliphatic rings. The lowest BCUT2D eigenvalue weighted by atomic mass is 9.77. The zero-order valence-electron chi connectivity index (χ0n) is 19.8. The van der Waals surface area contributed by atoms with Crippen LogP contribution in [0.5, 0.6) is 0 Å². The summed E-state index contributed by atoms with van der Waals surface area (Å²) in [6.07, 6.45) is 12.5. The number of allylic oxidation sites excluding steroid dienone is 1. The van der Waals surface area contributed by atoms with Crippen LogP contribution in [0.1, 0.15) is 64.7 Å². The molecule has 4 aliphatic carbocycles. The molecule has 3 heteroatoms. The van der Waals surface area contributed by atoms with Gasteiger partial charge in [-0.25, -0.2) is 0 Å². The second kappa shape index (κ2) is 8.97. The molecular weight excluding hydrogens is 392 g/mol. The monoisotopic (exact) mass is 434 g/mol. The Hall–Kier alpha value is -1.61. The lowest BCUT2D eigenvalue weighted by Gasteiger charge is -2.29. The van der Waals surface area contributed by atoms with E-state index >= 15 is 0 Å². The average molecular weight is 435 g/mol. The Morgan fingerprint density at radius 3 is 2.72 bits per heavy atom. The summed E-state index contributed by atoms with van der Waals surface area (Å²) in [6, 6.07) is 10.3. The van der Waals surface area contributed by atoms with Crippen molar-refractivity contribution < 1.29 is 4.79 Å². The Labute approximate surface area is 194 Å². The molecule has 4 fully saturated rings. The van der Waals surface area contributed by atoms with Crippen LogP contribution in [0.4, 0.5) is 5.69 Å². The predicted octanol–water partition coefficient (Wildman–Crippen LogP) is 6.07. The van der Waals surface area contributed by atoms with Gasteiger partial charge in [0.1, 0.15) is 6.29 Å². The van der Waals surface area contributed by atoms with Crippen molar-refractivity contribution >= 4 is 12.0 Å². The fourth-order valence-corrected chi connectivity index (χ4v) is 8.46. The van der Waals surface area contributed by atoms with Gasteiger partial charge in [-0.05, 0) is 110 Å². The minimum atomic E-state index is -0.280. The molecule has 3 N–H and O–H groups in total. The highest BCUT2D eigenvalue weighted by molar-refractivity contribution is 5.61. The van der Waals surface area contributed by atoms with Crippen molar-refractivity contribution in [1.29, 1.82) is 0 Å². The molecule has 0 heterocycles. The lowest BCUT2D eigenvalue weighted by Crippen LogP contribution is -2.37. The number of para-hydroxylation sites is 1. The predicted molar refractivity (Wildman–Crippen MR) is 132 cm³/mol. The summed E-state index contributed by atoms with van der Waals surface area (Å²) >= 11 is 0. The van der Waals surface area contributed by atoms with Crippen molar-refractivity contribution in [2.45, 2.75) is 70.8 Å². The highest BCUT2D eigenvalue weighted by atomic mass is 16.1. The van der Waals surface area contributed by atoms with E-state index in [9.17, 15) is 4.79 Å². The molecule has 0 saturated heterocycles. The Morgan fingerprint density at radius 1 is 1.16 bits per heavy atom. The molecule has 0 spiro atoms. The maximum Gasteiger partial charge on any atom is 0.137 e. The van der Waals surface area contributed by atoms with Crippen molar-refractivity contribution in [2.75, 3.05) is 11.9 Å². The Kier molecular flexibility index (Phi) is 6.22. The number of carbonyl (C=O) groups is 1. The zero-order valence-corrected chi connectivity index (χ0v) is 19.8. The molecule has 1 aromatic carbocycles. The third kappa shape index (κ3) is 3.95. The first-order valence-electron chi connectivity index (χ1n) is 13.2. The van der Waals surface area contributed by atoms with E-state index in [-0.39, 0.29) is 11.5 Å². The molecule has 0 unspecified atom stereocenters. The first-order chi connectivity index (χ1) is 15.5. The molecule has 174 valence electrons. The number of nitrogens with one attached hydrogen (secondary N) is 1. The fraction of sp³-hybridized carbons (Fsp3) is 0.690.